The Morgan fingerprint density at radius 1 is 0.837 bits per heavy atom. The van der Waals surface area contributed by atoms with Crippen molar-refractivity contribution in [3.63, 3.8) is 0 Å². The molecule has 0 aliphatic heterocycles. The maximum atomic E-state index is 13.7. The lowest BCUT2D eigenvalue weighted by molar-refractivity contribution is -0.143. The molecule has 0 saturated carbocycles. The number of methoxy groups -OCH3 is 1. The smallest absolute Gasteiger partial charge is 0.408 e. The van der Waals surface area contributed by atoms with Gasteiger partial charge in [-0.25, -0.2) is 9.59 Å². The van der Waals surface area contributed by atoms with Crippen LogP contribution in [-0.2, 0) is 46.5 Å². The fourth-order valence-electron chi connectivity index (χ4n) is 5.27. The largest absolute Gasteiger partial charge is 0.467 e. The zero-order valence-electron chi connectivity index (χ0n) is 29.0. The third-order valence-electron chi connectivity index (χ3n) is 7.94. The predicted octanol–water partition coefficient (Wildman–Crippen LogP) is 4.66. The van der Waals surface area contributed by atoms with E-state index < -0.39 is 36.0 Å². The minimum Gasteiger partial charge on any atom is -0.467 e. The number of carbonyl (C=O) groups excluding carboxylic acids is 6. The summed E-state index contributed by atoms with van der Waals surface area (Å²) in [6, 6.07) is 16.7. The van der Waals surface area contributed by atoms with Crippen LogP contribution in [0.5, 0.6) is 0 Å². The number of thioether (sulfide) groups is 1. The topological polar surface area (TPSA) is 157 Å². The van der Waals surface area contributed by atoms with E-state index in [2.05, 4.69) is 16.0 Å². The van der Waals surface area contributed by atoms with Gasteiger partial charge in [-0.1, -0.05) is 74.5 Å². The van der Waals surface area contributed by atoms with Crippen LogP contribution >= 0.6 is 11.8 Å². The van der Waals surface area contributed by atoms with E-state index in [4.69, 9.17) is 9.47 Å². The zero-order chi connectivity index (χ0) is 36.0. The summed E-state index contributed by atoms with van der Waals surface area (Å²) in [7, 11) is 1.22. The number of carbonyl (C=O) groups is 6. The molecule has 0 saturated heterocycles. The summed E-state index contributed by atoms with van der Waals surface area (Å²) in [5.74, 6) is -2.00. The van der Waals surface area contributed by atoms with Crippen molar-refractivity contribution >= 4 is 47.7 Å². The van der Waals surface area contributed by atoms with Crippen molar-refractivity contribution in [2.75, 3.05) is 25.7 Å². The number of ketones is 1. The molecule has 2 rings (SSSR count). The molecule has 0 radical (unpaired) electrons. The molecule has 3 N–H and O–H groups in total. The van der Waals surface area contributed by atoms with Gasteiger partial charge < -0.3 is 30.2 Å². The number of benzene rings is 2. The third-order valence-corrected chi connectivity index (χ3v) is 8.58. The predicted molar refractivity (Wildman–Crippen MR) is 190 cm³/mol. The van der Waals surface area contributed by atoms with E-state index >= 15 is 0 Å². The number of aldehydes is 1. The molecule has 0 unspecified atom stereocenters. The zero-order valence-corrected chi connectivity index (χ0v) is 29.8. The Labute approximate surface area is 294 Å². The third kappa shape index (κ3) is 16.2. The molecule has 0 aliphatic rings. The molecule has 0 aromatic heterocycles. The number of Topliss-reactive ketones (excluding diaryl/α,β-unsaturated/α-hetero) is 1. The van der Waals surface area contributed by atoms with Gasteiger partial charge in [-0.15, -0.1) is 0 Å². The maximum Gasteiger partial charge on any atom is 0.408 e. The average molecular weight is 698 g/mol. The molecule has 0 heterocycles. The Morgan fingerprint density at radius 3 is 2.08 bits per heavy atom. The summed E-state index contributed by atoms with van der Waals surface area (Å²) in [5.41, 5.74) is 1.68. The summed E-state index contributed by atoms with van der Waals surface area (Å²) in [6.07, 6.45) is 3.61. The molecule has 0 fully saturated rings. The Morgan fingerprint density at radius 2 is 1.49 bits per heavy atom. The van der Waals surface area contributed by atoms with Crippen LogP contribution in [0.15, 0.2) is 60.7 Å². The highest BCUT2D eigenvalue weighted by Crippen LogP contribution is 2.19. The minimum atomic E-state index is -0.980. The van der Waals surface area contributed by atoms with E-state index in [0.29, 0.717) is 31.4 Å². The number of nitrogens with one attached hydrogen (secondary N) is 3. The lowest BCUT2D eigenvalue weighted by Gasteiger charge is -2.24. The highest BCUT2D eigenvalue weighted by atomic mass is 32.2. The van der Waals surface area contributed by atoms with Crippen molar-refractivity contribution in [1.82, 2.24) is 16.0 Å². The van der Waals surface area contributed by atoms with E-state index in [1.165, 1.54) is 7.11 Å². The molecule has 2 aromatic rings. The number of esters is 1. The monoisotopic (exact) mass is 697 g/mol. The molecule has 3 amide bonds. The first kappa shape index (κ1) is 41.0. The minimum absolute atomic E-state index is 0.0389. The Bertz CT molecular complexity index is 1330. The van der Waals surface area contributed by atoms with Crippen LogP contribution in [0.3, 0.4) is 0 Å². The quantitative estimate of drug-likeness (QED) is 0.0854. The summed E-state index contributed by atoms with van der Waals surface area (Å²) in [5, 5.41) is 8.30. The first-order valence-corrected chi connectivity index (χ1v) is 18.1. The lowest BCUT2D eigenvalue weighted by Crippen LogP contribution is -2.46. The number of amides is 3. The molecule has 12 heteroatoms. The summed E-state index contributed by atoms with van der Waals surface area (Å²) in [4.78, 5) is 76.4. The number of ether oxygens (including phenoxy) is 2. The SMILES string of the molecule is COC(=O)[C@H](CCCNC(=O)[C@@H](CC(=O)[C@H](CC(C)C)NC(=O)[C@@H](CC=O)CCSC)Cc1ccccc1)NC(=O)OCc1ccccc1. The van der Waals surface area contributed by atoms with Gasteiger partial charge in [-0.05, 0) is 61.2 Å². The van der Waals surface area contributed by atoms with Gasteiger partial charge in [0.2, 0.25) is 11.8 Å². The van der Waals surface area contributed by atoms with E-state index in [9.17, 15) is 28.8 Å². The Hall–Kier alpha value is -4.19. The van der Waals surface area contributed by atoms with Crippen molar-refractivity contribution in [2.45, 2.75) is 77.5 Å². The Kier molecular flexibility index (Phi) is 19.4. The van der Waals surface area contributed by atoms with E-state index in [0.717, 1.165) is 17.4 Å². The van der Waals surface area contributed by atoms with Gasteiger partial charge in [0.05, 0.1) is 13.2 Å². The van der Waals surface area contributed by atoms with E-state index in [-0.39, 0.29) is 55.9 Å². The maximum absolute atomic E-state index is 13.7. The number of alkyl carbamates (subject to hydrolysis) is 1. The second-order valence-corrected chi connectivity index (χ2v) is 13.3. The van der Waals surface area contributed by atoms with Crippen molar-refractivity contribution in [3.05, 3.63) is 71.8 Å². The van der Waals surface area contributed by atoms with E-state index in [1.807, 2.05) is 80.8 Å². The molecule has 4 atom stereocenters. The van der Waals surface area contributed by atoms with Crippen molar-refractivity contribution in [1.29, 1.82) is 0 Å². The van der Waals surface area contributed by atoms with Gasteiger partial charge in [-0.3, -0.25) is 14.4 Å². The molecular weight excluding hydrogens is 646 g/mol. The highest BCUT2D eigenvalue weighted by Gasteiger charge is 2.30. The fourth-order valence-corrected chi connectivity index (χ4v) is 5.79. The van der Waals surface area contributed by atoms with Gasteiger partial charge in [0, 0.05) is 31.2 Å². The molecule has 49 heavy (non-hydrogen) atoms. The fraction of sp³-hybridized carbons (Fsp3) is 0.514. The molecule has 0 spiro atoms. The van der Waals surface area contributed by atoms with Crippen LogP contribution in [0.2, 0.25) is 0 Å². The van der Waals surface area contributed by atoms with Crippen LogP contribution in [0.1, 0.15) is 63.5 Å². The van der Waals surface area contributed by atoms with Crippen molar-refractivity contribution in [3.8, 4) is 0 Å². The van der Waals surface area contributed by atoms with Gasteiger partial charge in [0.1, 0.15) is 18.9 Å². The molecule has 11 nitrogen and oxygen atoms in total. The van der Waals surface area contributed by atoms with Gasteiger partial charge in [0.15, 0.2) is 5.78 Å². The van der Waals surface area contributed by atoms with Crippen molar-refractivity contribution in [2.24, 2.45) is 17.8 Å². The summed E-state index contributed by atoms with van der Waals surface area (Å²) >= 11 is 1.58. The highest BCUT2D eigenvalue weighted by molar-refractivity contribution is 7.98. The van der Waals surface area contributed by atoms with Crippen LogP contribution in [0.4, 0.5) is 4.79 Å². The van der Waals surface area contributed by atoms with Crippen LogP contribution < -0.4 is 16.0 Å². The molecule has 0 aliphatic carbocycles. The first-order chi connectivity index (χ1) is 23.6. The normalized spacial score (nSPS) is 13.3. The summed E-state index contributed by atoms with van der Waals surface area (Å²) < 4.78 is 10.1. The van der Waals surface area contributed by atoms with Gasteiger partial charge in [-0.2, -0.15) is 11.8 Å². The second kappa shape index (κ2) is 23.2. The molecular formula is C37H51N3O8S. The molecule has 2 aromatic carbocycles. The Balaban J connectivity index is 2.06. The standard InChI is InChI=1S/C37H51N3O8S/c1-26(2)22-32(39-35(44)29(17-20-41)18-21-49-4)33(42)24-30(23-27-12-7-5-8-13-27)34(43)38-19-11-16-31(36(45)47-3)40-37(46)48-25-28-14-9-6-10-15-28/h5-10,12-15,20,26,29-32H,11,16-19,21-25H2,1-4H3,(H,38,43)(H,39,44)(H,40,46)/t29-,30+,31-,32-/m0/s1. The second-order valence-electron chi connectivity index (χ2n) is 12.3. The van der Waals surface area contributed by atoms with Gasteiger partial charge >= 0.3 is 12.1 Å². The van der Waals surface area contributed by atoms with Crippen LogP contribution in [0, 0.1) is 17.8 Å². The van der Waals surface area contributed by atoms with Gasteiger partial charge in [0.25, 0.3) is 0 Å². The lowest BCUT2D eigenvalue weighted by atomic mass is 9.88. The van der Waals surface area contributed by atoms with E-state index in [1.54, 1.807) is 11.8 Å². The van der Waals surface area contributed by atoms with Crippen LogP contribution in [-0.4, -0.2) is 73.7 Å². The number of hydrogen-bond donors (Lipinski definition) is 3. The average Bonchev–Trinajstić information content (AvgIpc) is 3.09. The first-order valence-electron chi connectivity index (χ1n) is 16.7. The summed E-state index contributed by atoms with van der Waals surface area (Å²) in [6.45, 7) is 4.13. The number of rotatable bonds is 23. The molecule has 0 bridgehead atoms. The van der Waals surface area contributed by atoms with Crippen LogP contribution in [0.25, 0.3) is 0 Å². The molecule has 268 valence electrons. The van der Waals surface area contributed by atoms with Crippen molar-refractivity contribution < 1.29 is 38.2 Å². The number of hydrogen-bond acceptors (Lipinski definition) is 9.